The number of piperazine rings is 1. The summed E-state index contributed by atoms with van der Waals surface area (Å²) in [6.07, 6.45) is -0.570. The molecule has 4 amide bonds. The van der Waals surface area contributed by atoms with Crippen molar-refractivity contribution in [3.05, 3.63) is 114 Å². The molecule has 2 aliphatic rings. The topological polar surface area (TPSA) is 96.4 Å². The number of phenolic OH excluding ortho intramolecular Hbond substituents is 1. The second-order valence-corrected chi connectivity index (χ2v) is 10.9. The lowest BCUT2D eigenvalue weighted by molar-refractivity contribution is -0.187. The lowest BCUT2D eigenvalue weighted by Crippen LogP contribution is -2.76. The van der Waals surface area contributed by atoms with E-state index in [1.54, 1.807) is 47.3 Å². The first-order valence-corrected chi connectivity index (χ1v) is 14.2. The molecule has 0 saturated carbocycles. The first kappa shape index (κ1) is 28.2. The molecule has 2 atom stereocenters. The smallest absolute Gasteiger partial charge is 0.334 e. The third-order valence-corrected chi connectivity index (χ3v) is 8.12. The number of carbonyl (C=O) groups is 3. The van der Waals surface area contributed by atoms with Crippen LogP contribution < -0.4 is 5.32 Å². The van der Waals surface area contributed by atoms with Crippen LogP contribution in [0.2, 0.25) is 0 Å². The Morgan fingerprint density at radius 1 is 0.907 bits per heavy atom. The molecule has 220 valence electrons. The molecule has 0 aliphatic carbocycles. The number of hydrogen-bond acceptors (Lipinski definition) is 5. The Labute approximate surface area is 248 Å². The average molecular weight is 582 g/mol. The Balaban J connectivity index is 1.35. The fourth-order valence-electron chi connectivity index (χ4n) is 6.03. The molecule has 4 aromatic rings. The number of amides is 4. The van der Waals surface area contributed by atoms with Gasteiger partial charge in [-0.25, -0.2) is 19.2 Å². The van der Waals surface area contributed by atoms with Crippen LogP contribution in [0.5, 0.6) is 5.75 Å². The van der Waals surface area contributed by atoms with Crippen molar-refractivity contribution < 1.29 is 23.9 Å². The highest BCUT2D eigenvalue weighted by Gasteiger charge is 2.50. The molecule has 2 saturated heterocycles. The van der Waals surface area contributed by atoms with E-state index in [1.165, 1.54) is 28.1 Å². The summed E-state index contributed by atoms with van der Waals surface area (Å²) in [5.41, 5.74) is 2.45. The molecule has 43 heavy (non-hydrogen) atoms. The van der Waals surface area contributed by atoms with E-state index in [-0.39, 0.29) is 49.4 Å². The van der Waals surface area contributed by atoms with Gasteiger partial charge in [0, 0.05) is 31.9 Å². The molecule has 2 fully saturated rings. The minimum Gasteiger partial charge on any atom is -0.508 e. The summed E-state index contributed by atoms with van der Waals surface area (Å²) in [5.74, 6) is -0.774. The molecule has 0 unspecified atom stereocenters. The van der Waals surface area contributed by atoms with Crippen LogP contribution in [0.1, 0.15) is 16.7 Å². The van der Waals surface area contributed by atoms with Crippen LogP contribution in [0.25, 0.3) is 10.8 Å². The number of carbonyl (C=O) groups excluding carboxylic acids is 3. The Morgan fingerprint density at radius 2 is 1.60 bits per heavy atom. The third kappa shape index (κ3) is 5.61. The van der Waals surface area contributed by atoms with Crippen LogP contribution in [-0.2, 0) is 29.1 Å². The molecule has 2 aliphatic heterocycles. The Kier molecular flexibility index (Phi) is 7.69. The van der Waals surface area contributed by atoms with Crippen LogP contribution in [0.4, 0.5) is 9.18 Å². The van der Waals surface area contributed by atoms with E-state index in [4.69, 9.17) is 0 Å². The fraction of sp³-hybridized carbons (Fsp3) is 0.242. The summed E-state index contributed by atoms with van der Waals surface area (Å²) in [4.78, 5) is 44.5. The van der Waals surface area contributed by atoms with Crippen molar-refractivity contribution in [3.63, 3.8) is 0 Å². The maximum Gasteiger partial charge on any atom is 0.334 e. The van der Waals surface area contributed by atoms with E-state index in [0.29, 0.717) is 17.3 Å². The fourth-order valence-corrected chi connectivity index (χ4v) is 6.03. The highest BCUT2D eigenvalue weighted by Crippen LogP contribution is 2.30. The van der Waals surface area contributed by atoms with Gasteiger partial charge in [0.25, 0.3) is 0 Å². The van der Waals surface area contributed by atoms with Gasteiger partial charge in [-0.2, -0.15) is 0 Å². The monoisotopic (exact) mass is 581 g/mol. The van der Waals surface area contributed by atoms with Crippen molar-refractivity contribution in [1.82, 2.24) is 25.1 Å². The van der Waals surface area contributed by atoms with Gasteiger partial charge in [-0.15, -0.1) is 0 Å². The molecule has 10 heteroatoms. The zero-order valence-electron chi connectivity index (χ0n) is 23.7. The van der Waals surface area contributed by atoms with Gasteiger partial charge in [-0.1, -0.05) is 72.8 Å². The van der Waals surface area contributed by atoms with Gasteiger partial charge in [0.1, 0.15) is 23.8 Å². The molecule has 0 bridgehead atoms. The van der Waals surface area contributed by atoms with Crippen molar-refractivity contribution in [2.24, 2.45) is 0 Å². The standard InChI is InChI=1S/C33H32FN5O4/c1-36-21-31(41)38-29(17-22-11-14-25(40)15-12-22)32(42)37(19-24-13-16-28(34)27-10-6-5-9-26(24)27)20-30(38)39(36)33(43)35-18-23-7-3-2-4-8-23/h2-16,29-30,40H,17-21H2,1H3,(H,35,43)/t29-,30-/m0/s1. The van der Waals surface area contributed by atoms with Gasteiger partial charge in [-0.05, 0) is 40.3 Å². The lowest BCUT2D eigenvalue weighted by atomic mass is 9.97. The number of phenols is 1. The second-order valence-electron chi connectivity index (χ2n) is 10.9. The number of aromatic hydroxyl groups is 1. The highest BCUT2D eigenvalue weighted by molar-refractivity contribution is 5.92. The van der Waals surface area contributed by atoms with Crippen molar-refractivity contribution in [2.45, 2.75) is 31.7 Å². The number of likely N-dealkylation sites (N-methyl/N-ethyl adjacent to an activating group) is 1. The Hall–Kier alpha value is -4.96. The summed E-state index contributed by atoms with van der Waals surface area (Å²) in [5, 5.41) is 17.0. The maximum atomic E-state index is 14.6. The number of halogens is 1. The van der Waals surface area contributed by atoms with E-state index < -0.39 is 18.2 Å². The molecule has 6 rings (SSSR count). The lowest BCUT2D eigenvalue weighted by Gasteiger charge is -2.54. The number of nitrogens with one attached hydrogen (secondary N) is 1. The molecule has 9 nitrogen and oxygen atoms in total. The summed E-state index contributed by atoms with van der Waals surface area (Å²) < 4.78 is 14.6. The number of hydrogen-bond donors (Lipinski definition) is 2. The van der Waals surface area contributed by atoms with Gasteiger partial charge < -0.3 is 20.2 Å². The minimum absolute atomic E-state index is 0.0722. The molecule has 4 aromatic carbocycles. The minimum atomic E-state index is -0.888. The Bertz CT molecular complexity index is 1670. The largest absolute Gasteiger partial charge is 0.508 e. The highest BCUT2D eigenvalue weighted by atomic mass is 19.1. The van der Waals surface area contributed by atoms with E-state index in [2.05, 4.69) is 5.32 Å². The molecular formula is C33H32FN5O4. The first-order chi connectivity index (χ1) is 20.8. The molecular weight excluding hydrogens is 549 g/mol. The van der Waals surface area contributed by atoms with Crippen molar-refractivity contribution in [2.75, 3.05) is 20.1 Å². The molecule has 2 N–H and O–H groups in total. The number of rotatable bonds is 6. The molecule has 0 aromatic heterocycles. The number of benzene rings is 4. The zero-order chi connectivity index (χ0) is 30.1. The number of fused-ring (bicyclic) bond motifs is 2. The van der Waals surface area contributed by atoms with Gasteiger partial charge >= 0.3 is 6.03 Å². The number of urea groups is 1. The molecule has 0 radical (unpaired) electrons. The van der Waals surface area contributed by atoms with Crippen LogP contribution in [0, 0.1) is 5.82 Å². The predicted octanol–water partition coefficient (Wildman–Crippen LogP) is 3.86. The molecule has 0 spiro atoms. The van der Waals surface area contributed by atoms with Crippen LogP contribution in [-0.4, -0.2) is 75.1 Å². The molecule has 2 heterocycles. The summed E-state index contributed by atoms with van der Waals surface area (Å²) in [6.45, 7) is 0.474. The second kappa shape index (κ2) is 11.7. The van der Waals surface area contributed by atoms with Crippen LogP contribution >= 0.6 is 0 Å². The van der Waals surface area contributed by atoms with E-state index in [9.17, 15) is 23.9 Å². The number of hydrazine groups is 1. The third-order valence-electron chi connectivity index (χ3n) is 8.12. The summed E-state index contributed by atoms with van der Waals surface area (Å²) in [6, 6.07) is 24.9. The number of nitrogens with zero attached hydrogens (tertiary/aromatic N) is 4. The Morgan fingerprint density at radius 3 is 2.35 bits per heavy atom. The van der Waals surface area contributed by atoms with Crippen molar-refractivity contribution in [3.8, 4) is 5.75 Å². The van der Waals surface area contributed by atoms with Crippen molar-refractivity contribution in [1.29, 1.82) is 0 Å². The zero-order valence-corrected chi connectivity index (χ0v) is 23.7. The van der Waals surface area contributed by atoms with E-state index in [0.717, 1.165) is 16.7 Å². The van der Waals surface area contributed by atoms with Crippen molar-refractivity contribution >= 4 is 28.6 Å². The van der Waals surface area contributed by atoms with Crippen LogP contribution in [0.15, 0.2) is 91.0 Å². The van der Waals surface area contributed by atoms with E-state index in [1.807, 2.05) is 42.5 Å². The van der Waals surface area contributed by atoms with Crippen LogP contribution in [0.3, 0.4) is 0 Å². The SMILES string of the molecule is CN1CC(=O)N2[C@@H](Cc3ccc(O)cc3)C(=O)N(Cc3ccc(F)c4ccccc34)C[C@@H]2N1C(=O)NCc1ccccc1. The van der Waals surface area contributed by atoms with Gasteiger partial charge in [-0.3, -0.25) is 9.59 Å². The van der Waals surface area contributed by atoms with Gasteiger partial charge in [0.05, 0.1) is 13.1 Å². The van der Waals surface area contributed by atoms with Gasteiger partial charge in [0.15, 0.2) is 0 Å². The van der Waals surface area contributed by atoms with Gasteiger partial charge in [0.2, 0.25) is 11.8 Å². The summed E-state index contributed by atoms with van der Waals surface area (Å²) >= 11 is 0. The predicted molar refractivity (Wildman–Crippen MR) is 159 cm³/mol. The van der Waals surface area contributed by atoms with E-state index >= 15 is 0 Å². The normalized spacial score (nSPS) is 19.1. The quantitative estimate of drug-likeness (QED) is 0.361. The average Bonchev–Trinajstić information content (AvgIpc) is 3.01. The maximum absolute atomic E-state index is 14.6. The first-order valence-electron chi connectivity index (χ1n) is 14.2. The summed E-state index contributed by atoms with van der Waals surface area (Å²) in [7, 11) is 1.68.